The first kappa shape index (κ1) is 12.1. The maximum absolute atomic E-state index is 12.1. The van der Waals surface area contributed by atoms with Crippen LogP contribution < -0.4 is 11.2 Å². The number of nitrogens with one attached hydrogen (secondary N) is 1. The second-order valence-electron chi connectivity index (χ2n) is 4.50. The van der Waals surface area contributed by atoms with Gasteiger partial charge in [-0.05, 0) is 24.9 Å². The first-order valence-electron chi connectivity index (χ1n) is 6.08. The predicted molar refractivity (Wildman–Crippen MR) is 66.8 cm³/mol. The lowest BCUT2D eigenvalue weighted by molar-refractivity contribution is -0.137. The van der Waals surface area contributed by atoms with Gasteiger partial charge in [-0.25, -0.2) is 5.84 Å². The van der Waals surface area contributed by atoms with Gasteiger partial charge in [-0.3, -0.25) is 9.80 Å². The minimum Gasteiger partial charge on any atom is -0.316 e. The molecule has 1 aliphatic rings. The third kappa shape index (κ3) is 3.28. The Balaban J connectivity index is 1.90. The number of carbonyl (C=O) groups is 1. The van der Waals surface area contributed by atoms with Crippen molar-refractivity contribution in [1.29, 1.82) is 0 Å². The molecule has 17 heavy (non-hydrogen) atoms. The van der Waals surface area contributed by atoms with Crippen LogP contribution in [0.5, 0.6) is 0 Å². The highest BCUT2D eigenvalue weighted by Crippen LogP contribution is 2.13. The number of hydrogen-bond donors (Lipinski definition) is 2. The number of nitrogens with zero attached hydrogens (tertiary/aromatic N) is 1. The molecule has 4 heteroatoms. The van der Waals surface area contributed by atoms with E-state index in [2.05, 4.69) is 5.32 Å². The third-order valence-electron chi connectivity index (χ3n) is 3.12. The smallest absolute Gasteiger partial charge is 0.241 e. The van der Waals surface area contributed by atoms with E-state index in [0.717, 1.165) is 31.5 Å². The Morgan fingerprint density at radius 2 is 2.18 bits per heavy atom. The molecular weight excluding hydrogens is 214 g/mol. The van der Waals surface area contributed by atoms with Crippen LogP contribution in [-0.4, -0.2) is 24.0 Å². The van der Waals surface area contributed by atoms with Crippen LogP contribution in [0, 0.1) is 5.92 Å². The van der Waals surface area contributed by atoms with Gasteiger partial charge in [-0.1, -0.05) is 30.3 Å². The van der Waals surface area contributed by atoms with Gasteiger partial charge in [-0.2, -0.15) is 0 Å². The molecule has 0 aromatic heterocycles. The molecule has 1 unspecified atom stereocenters. The highest BCUT2D eigenvalue weighted by Gasteiger charge is 2.24. The van der Waals surface area contributed by atoms with Crippen LogP contribution in [0.15, 0.2) is 30.3 Å². The molecule has 1 atom stereocenters. The fraction of sp³-hybridized carbons (Fsp3) is 0.462. The highest BCUT2D eigenvalue weighted by atomic mass is 16.2. The van der Waals surface area contributed by atoms with Crippen LogP contribution >= 0.6 is 0 Å². The van der Waals surface area contributed by atoms with E-state index in [-0.39, 0.29) is 11.8 Å². The number of piperidine rings is 1. The maximum Gasteiger partial charge on any atom is 0.241 e. The fourth-order valence-electron chi connectivity index (χ4n) is 2.16. The summed E-state index contributed by atoms with van der Waals surface area (Å²) in [6, 6.07) is 9.82. The highest BCUT2D eigenvalue weighted by molar-refractivity contribution is 5.78. The summed E-state index contributed by atoms with van der Waals surface area (Å²) in [6.45, 7) is 2.24. The van der Waals surface area contributed by atoms with Crippen molar-refractivity contribution in [2.24, 2.45) is 11.8 Å². The Bertz CT molecular complexity index is 360. The molecular formula is C13H19N3O. The normalized spacial score (nSPS) is 19.9. The Hall–Kier alpha value is -1.39. The number of amides is 1. The second kappa shape index (κ2) is 5.80. The minimum atomic E-state index is 0.0393. The van der Waals surface area contributed by atoms with Gasteiger partial charge in [-0.15, -0.1) is 0 Å². The van der Waals surface area contributed by atoms with Gasteiger partial charge in [0.05, 0.1) is 12.5 Å². The summed E-state index contributed by atoms with van der Waals surface area (Å²) in [7, 11) is 0. The molecule has 1 aromatic carbocycles. The molecule has 0 bridgehead atoms. The quantitative estimate of drug-likeness (QED) is 0.463. The Morgan fingerprint density at radius 3 is 2.82 bits per heavy atom. The van der Waals surface area contributed by atoms with Crippen LogP contribution in [-0.2, 0) is 11.3 Å². The number of nitrogens with two attached hydrogens (primary N) is 1. The standard InChI is InChI=1S/C13H19N3O/c14-16(10-11-5-2-1-3-6-11)13(17)12-7-4-8-15-9-12/h1-3,5-6,12,15H,4,7-10,14H2. The third-order valence-corrected chi connectivity index (χ3v) is 3.12. The Kier molecular flexibility index (Phi) is 4.12. The molecule has 1 heterocycles. The van der Waals surface area contributed by atoms with Crippen LogP contribution in [0.2, 0.25) is 0 Å². The summed E-state index contributed by atoms with van der Waals surface area (Å²) in [6.07, 6.45) is 1.99. The van der Waals surface area contributed by atoms with Crippen molar-refractivity contribution >= 4 is 5.91 Å². The molecule has 92 valence electrons. The zero-order valence-corrected chi connectivity index (χ0v) is 9.93. The zero-order valence-electron chi connectivity index (χ0n) is 9.93. The van der Waals surface area contributed by atoms with Gasteiger partial charge in [0.1, 0.15) is 0 Å². The summed E-state index contributed by atoms with van der Waals surface area (Å²) in [5.41, 5.74) is 1.06. The second-order valence-corrected chi connectivity index (χ2v) is 4.50. The van der Waals surface area contributed by atoms with Gasteiger partial charge in [0.25, 0.3) is 0 Å². The van der Waals surface area contributed by atoms with Gasteiger partial charge in [0.2, 0.25) is 5.91 Å². The van der Waals surface area contributed by atoms with E-state index in [0.29, 0.717) is 6.54 Å². The van der Waals surface area contributed by atoms with E-state index in [1.54, 1.807) is 0 Å². The van der Waals surface area contributed by atoms with E-state index < -0.39 is 0 Å². The fourth-order valence-corrected chi connectivity index (χ4v) is 2.16. The van der Waals surface area contributed by atoms with E-state index in [1.807, 2.05) is 30.3 Å². The summed E-state index contributed by atoms with van der Waals surface area (Å²) < 4.78 is 0. The lowest BCUT2D eigenvalue weighted by Crippen LogP contribution is -2.45. The minimum absolute atomic E-state index is 0.0393. The summed E-state index contributed by atoms with van der Waals surface area (Å²) in [5.74, 6) is 5.92. The van der Waals surface area contributed by atoms with Gasteiger partial charge < -0.3 is 5.32 Å². The summed E-state index contributed by atoms with van der Waals surface area (Å²) in [5, 5.41) is 4.57. The summed E-state index contributed by atoms with van der Waals surface area (Å²) >= 11 is 0. The van der Waals surface area contributed by atoms with Crippen molar-refractivity contribution in [2.75, 3.05) is 13.1 Å². The largest absolute Gasteiger partial charge is 0.316 e. The van der Waals surface area contributed by atoms with Crippen molar-refractivity contribution < 1.29 is 4.79 Å². The van der Waals surface area contributed by atoms with Crippen LogP contribution in [0.4, 0.5) is 0 Å². The molecule has 1 aliphatic heterocycles. The van der Waals surface area contributed by atoms with Crippen LogP contribution in [0.25, 0.3) is 0 Å². The number of hydrogen-bond acceptors (Lipinski definition) is 3. The number of rotatable bonds is 3. The first-order valence-corrected chi connectivity index (χ1v) is 6.08. The van der Waals surface area contributed by atoms with Crippen molar-refractivity contribution in [3.63, 3.8) is 0 Å². The van der Waals surface area contributed by atoms with Crippen molar-refractivity contribution in [3.8, 4) is 0 Å². The van der Waals surface area contributed by atoms with Crippen molar-refractivity contribution in [2.45, 2.75) is 19.4 Å². The predicted octanol–water partition coefficient (Wildman–Crippen LogP) is 0.888. The van der Waals surface area contributed by atoms with E-state index in [1.165, 1.54) is 5.01 Å². The lowest BCUT2D eigenvalue weighted by Gasteiger charge is -2.26. The number of benzene rings is 1. The topological polar surface area (TPSA) is 58.4 Å². The van der Waals surface area contributed by atoms with E-state index >= 15 is 0 Å². The summed E-state index contributed by atoms with van der Waals surface area (Å²) in [4.78, 5) is 12.1. The average Bonchev–Trinajstić information content (AvgIpc) is 2.40. The van der Waals surface area contributed by atoms with Crippen molar-refractivity contribution in [3.05, 3.63) is 35.9 Å². The molecule has 1 fully saturated rings. The SMILES string of the molecule is NN(Cc1ccccc1)C(=O)C1CCCNC1. The molecule has 1 saturated heterocycles. The Morgan fingerprint density at radius 1 is 1.41 bits per heavy atom. The molecule has 4 nitrogen and oxygen atoms in total. The number of hydrazine groups is 1. The molecule has 0 radical (unpaired) electrons. The van der Waals surface area contributed by atoms with Gasteiger partial charge >= 0.3 is 0 Å². The van der Waals surface area contributed by atoms with Gasteiger partial charge in [0.15, 0.2) is 0 Å². The lowest BCUT2D eigenvalue weighted by atomic mass is 9.98. The molecule has 0 aliphatic carbocycles. The molecule has 0 spiro atoms. The number of carbonyl (C=O) groups excluding carboxylic acids is 1. The van der Waals surface area contributed by atoms with Crippen LogP contribution in [0.3, 0.4) is 0 Å². The molecule has 1 amide bonds. The molecule has 2 rings (SSSR count). The molecule has 3 N–H and O–H groups in total. The average molecular weight is 233 g/mol. The maximum atomic E-state index is 12.1. The molecule has 0 saturated carbocycles. The zero-order chi connectivity index (χ0) is 12.1. The van der Waals surface area contributed by atoms with E-state index in [4.69, 9.17) is 5.84 Å². The Labute approximate surface area is 102 Å². The van der Waals surface area contributed by atoms with E-state index in [9.17, 15) is 4.79 Å². The molecule has 1 aromatic rings. The van der Waals surface area contributed by atoms with Crippen LogP contribution in [0.1, 0.15) is 18.4 Å². The van der Waals surface area contributed by atoms with Gasteiger partial charge in [0, 0.05) is 6.54 Å². The van der Waals surface area contributed by atoms with Crippen molar-refractivity contribution in [1.82, 2.24) is 10.3 Å². The monoisotopic (exact) mass is 233 g/mol. The first-order chi connectivity index (χ1) is 8.27.